The average Bonchev–Trinajstić information content (AvgIpc) is 3.90. The van der Waals surface area contributed by atoms with E-state index in [-0.39, 0.29) is 58.0 Å². The quantitative estimate of drug-likeness (QED) is 0.357. The van der Waals surface area contributed by atoms with Gasteiger partial charge in [-0.15, -0.1) is 0 Å². The van der Waals surface area contributed by atoms with Crippen molar-refractivity contribution in [2.45, 2.75) is 127 Å². The summed E-state index contributed by atoms with van der Waals surface area (Å²) >= 11 is 0. The third-order valence-corrected chi connectivity index (χ3v) is 14.9. The molecule has 2 saturated carbocycles. The smallest absolute Gasteiger partial charge is 0.424 e. The number of ketones is 2. The Kier molecular flexibility index (Phi) is 10.9. The van der Waals surface area contributed by atoms with Crippen LogP contribution in [0.2, 0.25) is 0 Å². The van der Waals surface area contributed by atoms with Crippen LogP contribution in [0, 0.1) is 11.3 Å². The van der Waals surface area contributed by atoms with E-state index >= 15 is 0 Å². The van der Waals surface area contributed by atoms with Gasteiger partial charge in [0.05, 0.1) is 30.6 Å². The van der Waals surface area contributed by atoms with Gasteiger partial charge in [-0.05, 0) is 76.8 Å². The van der Waals surface area contributed by atoms with Crippen LogP contribution >= 0.6 is 0 Å². The lowest BCUT2D eigenvalue weighted by atomic mass is 9.88. The van der Waals surface area contributed by atoms with Crippen LogP contribution in [0.4, 0.5) is 9.59 Å². The number of ether oxygens (including phenoxy) is 4. The van der Waals surface area contributed by atoms with Gasteiger partial charge in [0.2, 0.25) is 22.7 Å². The van der Waals surface area contributed by atoms with E-state index in [0.717, 1.165) is 22.3 Å². The fourth-order valence-corrected chi connectivity index (χ4v) is 11.2. The van der Waals surface area contributed by atoms with Crippen molar-refractivity contribution < 1.29 is 59.8 Å². The molecule has 18 heteroatoms. The van der Waals surface area contributed by atoms with Gasteiger partial charge in [0, 0.05) is 30.4 Å². The van der Waals surface area contributed by atoms with Crippen molar-refractivity contribution >= 4 is 49.5 Å². The van der Waals surface area contributed by atoms with E-state index in [9.17, 15) is 40.8 Å². The highest BCUT2D eigenvalue weighted by atomic mass is 32.2. The maximum absolute atomic E-state index is 14.8. The predicted octanol–water partition coefficient (Wildman–Crippen LogP) is 4.03. The third-order valence-electron chi connectivity index (χ3n) is 11.7. The molecule has 0 radical (unpaired) electrons. The normalized spacial score (nSPS) is 28.4. The molecule has 3 fully saturated rings. The van der Waals surface area contributed by atoms with Gasteiger partial charge >= 0.3 is 12.2 Å². The Bertz CT molecular complexity index is 2090. The minimum absolute atomic E-state index is 0.0590. The molecule has 0 unspecified atom stereocenters. The lowest BCUT2D eigenvalue weighted by molar-refractivity contribution is -0.141. The Morgan fingerprint density at radius 2 is 1.75 bits per heavy atom. The van der Waals surface area contributed by atoms with Gasteiger partial charge in [0.25, 0.3) is 0 Å². The van der Waals surface area contributed by atoms with Crippen LogP contribution in [0.3, 0.4) is 0 Å². The van der Waals surface area contributed by atoms with E-state index < -0.39 is 89.7 Å². The second-order valence-corrected chi connectivity index (χ2v) is 21.3. The van der Waals surface area contributed by atoms with Gasteiger partial charge in [0.15, 0.2) is 32.9 Å². The summed E-state index contributed by atoms with van der Waals surface area (Å²) in [6.07, 6.45) is 4.44. The number of sulfonamides is 1. The first kappa shape index (κ1) is 41.0. The average molecular weight is 834 g/mol. The van der Waals surface area contributed by atoms with Crippen LogP contribution in [0.1, 0.15) is 96.1 Å². The summed E-state index contributed by atoms with van der Waals surface area (Å²) < 4.78 is 75.6. The minimum Gasteiger partial charge on any atom is -0.454 e. The molecule has 0 N–H and O–H groups in total. The fourth-order valence-electron chi connectivity index (χ4n) is 8.50. The summed E-state index contributed by atoms with van der Waals surface area (Å²) in [6.45, 7) is 4.85. The van der Waals surface area contributed by atoms with Gasteiger partial charge in [-0.3, -0.25) is 19.3 Å². The molecule has 1 aromatic carbocycles. The first-order valence-corrected chi connectivity index (χ1v) is 23.2. The molecule has 7 rings (SSSR count). The second-order valence-electron chi connectivity index (χ2n) is 17.2. The van der Waals surface area contributed by atoms with Crippen molar-refractivity contribution in [3.8, 4) is 11.5 Å². The number of hydrogen-bond acceptors (Lipinski definition) is 13. The monoisotopic (exact) mass is 833 g/mol. The number of hydrogen-bond donors (Lipinski definition) is 0. The van der Waals surface area contributed by atoms with E-state index in [0.29, 0.717) is 54.3 Å². The Morgan fingerprint density at radius 1 is 1.00 bits per heavy atom. The lowest BCUT2D eigenvalue weighted by Crippen LogP contribution is -2.56. The van der Waals surface area contributed by atoms with Gasteiger partial charge in [0.1, 0.15) is 23.5 Å². The van der Waals surface area contributed by atoms with Gasteiger partial charge < -0.3 is 23.8 Å². The fraction of sp³-hybridized carbons (Fsp3) is 0.667. The summed E-state index contributed by atoms with van der Waals surface area (Å²) in [5, 5.41) is -0.563. The first-order valence-electron chi connectivity index (χ1n) is 19.6. The molecule has 1 saturated heterocycles. The van der Waals surface area contributed by atoms with Crippen LogP contribution in [0.15, 0.2) is 24.3 Å². The molecule has 0 spiro atoms. The topological polar surface area (TPSA) is 200 Å². The molecule has 3 amide bonds. The molecule has 4 heterocycles. The molecule has 0 bridgehead atoms. The van der Waals surface area contributed by atoms with Crippen LogP contribution in [-0.2, 0) is 56.8 Å². The summed E-state index contributed by atoms with van der Waals surface area (Å²) in [5.41, 5.74) is -0.771. The Morgan fingerprint density at radius 3 is 2.46 bits per heavy atom. The predicted molar refractivity (Wildman–Crippen MR) is 203 cm³/mol. The number of fused-ring (bicyclic) bond motifs is 5. The number of nitrogens with zero attached hydrogens (tertiary/aromatic N) is 3. The molecule has 0 aromatic heterocycles. The Labute approximate surface area is 333 Å². The van der Waals surface area contributed by atoms with Crippen molar-refractivity contribution in [1.29, 1.82) is 0 Å². The highest BCUT2D eigenvalue weighted by molar-refractivity contribution is 7.93. The van der Waals surface area contributed by atoms with Crippen LogP contribution in [-0.4, -0.2) is 115 Å². The zero-order valence-electron chi connectivity index (χ0n) is 32.8. The third kappa shape index (κ3) is 8.66. The zero-order valence-corrected chi connectivity index (χ0v) is 34.4. The number of amides is 3. The standard InChI is InChI=1S/C39H51N3O13S2/c1-38(2,3)55-37(47)42(56(4,48)49)29-11-9-7-5-6-8-10-25-17-39(25,33(44)22-57(50,51)27-13-14-27)18-31(43)30-16-26(20-41(30)35(29)45)54-36(46)40-19-24-12-15-32-34(28(24)21-40)53-23-52-32/h8,10,12,15,25-27,29-30H,5-7,9,11,13-14,16-23H2,1-4H3/b10-8-/t25-,26-,29+,30+,39-/m1/s1. The molecule has 1 aromatic rings. The molecule has 57 heavy (non-hydrogen) atoms. The highest BCUT2D eigenvalue weighted by Crippen LogP contribution is 2.58. The number of rotatable bonds is 7. The molecule has 16 nitrogen and oxygen atoms in total. The zero-order chi connectivity index (χ0) is 41.1. The van der Waals surface area contributed by atoms with Crippen molar-refractivity contribution in [1.82, 2.24) is 14.1 Å². The molecule has 4 aliphatic heterocycles. The van der Waals surface area contributed by atoms with Crippen LogP contribution in [0.5, 0.6) is 11.5 Å². The Balaban J connectivity index is 1.19. The summed E-state index contributed by atoms with van der Waals surface area (Å²) in [4.78, 5) is 73.2. The number of sulfone groups is 1. The van der Waals surface area contributed by atoms with Crippen molar-refractivity contribution in [3.63, 3.8) is 0 Å². The second kappa shape index (κ2) is 15.2. The van der Waals surface area contributed by atoms with E-state index in [1.54, 1.807) is 26.8 Å². The summed E-state index contributed by atoms with van der Waals surface area (Å²) in [7, 11) is -8.11. The van der Waals surface area contributed by atoms with Crippen LogP contribution in [0.25, 0.3) is 0 Å². The van der Waals surface area contributed by atoms with Gasteiger partial charge in [-0.25, -0.2) is 26.4 Å². The molecule has 6 aliphatic rings. The largest absolute Gasteiger partial charge is 0.454 e. The SMILES string of the molecule is CC(C)(C)OC(=O)N([C@H]1CCCCC/C=C\[C@@H]2C[C@@]2(C(=O)CS(=O)(=O)C2CC2)CC(=O)[C@@H]2C[C@@H](OC(=O)N3Cc4ccc5c(c4C3)OCO5)CN2C1=O)S(C)(=O)=O. The van der Waals surface area contributed by atoms with E-state index in [1.165, 1.54) is 4.90 Å². The number of Topliss-reactive ketones (excluding diaryl/α,β-unsaturated/α-hetero) is 2. The number of allylic oxidation sites excluding steroid dienone is 2. The lowest BCUT2D eigenvalue weighted by Gasteiger charge is -2.35. The van der Waals surface area contributed by atoms with Gasteiger partial charge in [-0.1, -0.05) is 31.1 Å². The van der Waals surface area contributed by atoms with Crippen LogP contribution < -0.4 is 9.47 Å². The molecule has 312 valence electrons. The summed E-state index contributed by atoms with van der Waals surface area (Å²) in [5.74, 6) is -1.86. The van der Waals surface area contributed by atoms with Crippen molar-refractivity contribution in [2.24, 2.45) is 11.3 Å². The van der Waals surface area contributed by atoms with Crippen molar-refractivity contribution in [2.75, 3.05) is 25.3 Å². The molecular formula is C39H51N3O13S2. The number of benzene rings is 1. The first-order chi connectivity index (χ1) is 26.8. The maximum atomic E-state index is 14.8. The van der Waals surface area contributed by atoms with E-state index in [1.807, 2.05) is 18.2 Å². The molecule has 5 atom stereocenters. The number of carbonyl (C=O) groups excluding carboxylic acids is 5. The van der Waals surface area contributed by atoms with E-state index in [2.05, 4.69) is 0 Å². The molecule has 2 aliphatic carbocycles. The highest BCUT2D eigenvalue weighted by Gasteiger charge is 2.61. The maximum Gasteiger partial charge on any atom is 0.424 e. The Hall–Kier alpha value is -4.19. The molecular weight excluding hydrogens is 783 g/mol. The minimum atomic E-state index is -4.41. The van der Waals surface area contributed by atoms with E-state index in [4.69, 9.17) is 18.9 Å². The van der Waals surface area contributed by atoms with Crippen molar-refractivity contribution in [3.05, 3.63) is 35.4 Å². The van der Waals surface area contributed by atoms with Gasteiger partial charge in [-0.2, -0.15) is 4.31 Å². The summed E-state index contributed by atoms with van der Waals surface area (Å²) in [6, 6.07) is 0.737. The number of carbonyl (C=O) groups is 5.